The van der Waals surface area contributed by atoms with E-state index in [1.165, 1.54) is 18.5 Å². The first kappa shape index (κ1) is 21.3. The maximum atomic E-state index is 11.0. The Bertz CT molecular complexity index is 1100. The predicted octanol–water partition coefficient (Wildman–Crippen LogP) is 3.63. The summed E-state index contributed by atoms with van der Waals surface area (Å²) < 4.78 is 5.61. The molecule has 0 atom stereocenters. The molecule has 2 heterocycles. The maximum absolute atomic E-state index is 11.0. The van der Waals surface area contributed by atoms with Gasteiger partial charge in [-0.25, -0.2) is 9.97 Å². The highest BCUT2D eigenvalue weighted by Gasteiger charge is 2.16. The molecule has 0 spiro atoms. The van der Waals surface area contributed by atoms with E-state index in [1.54, 1.807) is 25.3 Å². The van der Waals surface area contributed by atoms with Crippen molar-refractivity contribution >= 4 is 34.4 Å². The Morgan fingerprint density at radius 1 is 1.00 bits per heavy atom. The van der Waals surface area contributed by atoms with Crippen LogP contribution in [0.2, 0.25) is 0 Å². The third-order valence-corrected chi connectivity index (χ3v) is 5.31. The Kier molecular flexibility index (Phi) is 6.31. The zero-order valence-corrected chi connectivity index (χ0v) is 18.0. The summed E-state index contributed by atoms with van der Waals surface area (Å²) in [5.41, 5.74) is 2.48. The first-order chi connectivity index (χ1) is 15.5. The molecule has 0 unspecified atom stereocenters. The number of hydrogen-bond donors (Lipinski definition) is 2. The number of ether oxygens (including phenoxy) is 1. The van der Waals surface area contributed by atoms with E-state index in [1.807, 2.05) is 12.1 Å². The molecule has 32 heavy (non-hydrogen) atoms. The summed E-state index contributed by atoms with van der Waals surface area (Å²) in [6, 6.07) is 14.0. The third-order valence-electron chi connectivity index (χ3n) is 5.31. The SMILES string of the molecule is COc1cc(N2CCN(C)CC2)ccc1Nc1cc(Nc2cccc([N+](=O)[O-])c2)ncn1. The molecule has 2 aromatic carbocycles. The number of rotatable bonds is 7. The number of nitrogens with zero attached hydrogens (tertiary/aromatic N) is 5. The first-order valence-electron chi connectivity index (χ1n) is 10.2. The Morgan fingerprint density at radius 2 is 1.75 bits per heavy atom. The predicted molar refractivity (Wildman–Crippen MR) is 124 cm³/mol. The van der Waals surface area contributed by atoms with Crippen LogP contribution in [0.5, 0.6) is 5.75 Å². The summed E-state index contributed by atoms with van der Waals surface area (Å²) in [4.78, 5) is 23.7. The van der Waals surface area contributed by atoms with Gasteiger partial charge < -0.3 is 25.2 Å². The minimum absolute atomic E-state index is 0.00702. The van der Waals surface area contributed by atoms with E-state index >= 15 is 0 Å². The molecule has 166 valence electrons. The summed E-state index contributed by atoms with van der Waals surface area (Å²) >= 11 is 0. The van der Waals surface area contributed by atoms with Crippen molar-refractivity contribution in [2.75, 3.05) is 55.9 Å². The van der Waals surface area contributed by atoms with Gasteiger partial charge >= 0.3 is 0 Å². The zero-order valence-electron chi connectivity index (χ0n) is 18.0. The highest BCUT2D eigenvalue weighted by molar-refractivity contribution is 5.71. The van der Waals surface area contributed by atoms with E-state index in [2.05, 4.69) is 43.5 Å². The molecule has 0 amide bonds. The van der Waals surface area contributed by atoms with Gasteiger partial charge in [0.1, 0.15) is 23.7 Å². The van der Waals surface area contributed by atoms with Crippen LogP contribution in [-0.4, -0.2) is 60.1 Å². The second-order valence-corrected chi connectivity index (χ2v) is 7.52. The molecule has 0 bridgehead atoms. The Morgan fingerprint density at radius 3 is 2.47 bits per heavy atom. The van der Waals surface area contributed by atoms with Crippen molar-refractivity contribution in [3.63, 3.8) is 0 Å². The molecular formula is C22H25N7O3. The number of anilines is 5. The second kappa shape index (κ2) is 9.48. The number of hydrogen-bond acceptors (Lipinski definition) is 9. The molecule has 0 aliphatic carbocycles. The Balaban J connectivity index is 1.49. The summed E-state index contributed by atoms with van der Waals surface area (Å²) in [5, 5.41) is 17.3. The zero-order chi connectivity index (χ0) is 22.5. The van der Waals surface area contributed by atoms with Crippen LogP contribution in [0.3, 0.4) is 0 Å². The van der Waals surface area contributed by atoms with Crippen LogP contribution in [0, 0.1) is 10.1 Å². The third kappa shape index (κ3) is 5.03. The van der Waals surface area contributed by atoms with Crippen molar-refractivity contribution < 1.29 is 9.66 Å². The lowest BCUT2D eigenvalue weighted by atomic mass is 10.2. The van der Waals surface area contributed by atoms with E-state index < -0.39 is 4.92 Å². The minimum atomic E-state index is -0.434. The van der Waals surface area contributed by atoms with Crippen LogP contribution >= 0.6 is 0 Å². The number of benzene rings is 2. The molecule has 1 aliphatic rings. The van der Waals surface area contributed by atoms with Crippen molar-refractivity contribution in [2.45, 2.75) is 0 Å². The number of nitrogens with one attached hydrogen (secondary N) is 2. The van der Waals surface area contributed by atoms with E-state index in [4.69, 9.17) is 4.74 Å². The van der Waals surface area contributed by atoms with Gasteiger partial charge in [0.2, 0.25) is 0 Å². The van der Waals surface area contributed by atoms with Crippen molar-refractivity contribution in [1.82, 2.24) is 14.9 Å². The molecule has 10 nitrogen and oxygen atoms in total. The molecule has 0 saturated carbocycles. The Labute approximate surface area is 186 Å². The molecule has 1 aliphatic heterocycles. The van der Waals surface area contributed by atoms with Gasteiger partial charge in [0.05, 0.1) is 17.7 Å². The van der Waals surface area contributed by atoms with E-state index in [0.29, 0.717) is 23.1 Å². The van der Waals surface area contributed by atoms with E-state index in [0.717, 1.165) is 37.6 Å². The summed E-state index contributed by atoms with van der Waals surface area (Å²) in [7, 11) is 3.78. The topological polar surface area (TPSA) is 109 Å². The van der Waals surface area contributed by atoms with Gasteiger partial charge in [-0.3, -0.25) is 10.1 Å². The lowest BCUT2D eigenvalue weighted by Crippen LogP contribution is -2.44. The number of non-ortho nitro benzene ring substituents is 1. The fraction of sp³-hybridized carbons (Fsp3) is 0.273. The molecule has 3 aromatic rings. The largest absolute Gasteiger partial charge is 0.494 e. The van der Waals surface area contributed by atoms with Crippen molar-refractivity contribution in [1.29, 1.82) is 0 Å². The summed E-state index contributed by atoms with van der Waals surface area (Å²) in [6.07, 6.45) is 1.42. The molecular weight excluding hydrogens is 410 g/mol. The highest BCUT2D eigenvalue weighted by atomic mass is 16.6. The Hall–Kier alpha value is -3.92. The average Bonchev–Trinajstić information content (AvgIpc) is 2.80. The van der Waals surface area contributed by atoms with E-state index in [9.17, 15) is 10.1 Å². The standard InChI is InChI=1S/C22H25N7O3/c1-27-8-10-28(11-9-27)17-6-7-19(20(13-17)32-2)26-22-14-21(23-15-24-22)25-16-4-3-5-18(12-16)29(30)31/h3-7,12-15H,8-11H2,1-2H3,(H2,23,24,25,26). The molecule has 4 rings (SSSR count). The summed E-state index contributed by atoms with van der Waals surface area (Å²) in [6.45, 7) is 4.02. The van der Waals surface area contributed by atoms with Crippen LogP contribution in [0.25, 0.3) is 0 Å². The fourth-order valence-electron chi connectivity index (χ4n) is 3.52. The van der Waals surface area contributed by atoms with E-state index in [-0.39, 0.29) is 5.69 Å². The quantitative estimate of drug-likeness (QED) is 0.425. The fourth-order valence-corrected chi connectivity index (χ4v) is 3.52. The number of methoxy groups -OCH3 is 1. The molecule has 2 N–H and O–H groups in total. The molecule has 1 aromatic heterocycles. The molecule has 0 radical (unpaired) electrons. The van der Waals surface area contributed by atoms with Crippen molar-refractivity contribution in [2.24, 2.45) is 0 Å². The summed E-state index contributed by atoms with van der Waals surface area (Å²) in [5.74, 6) is 1.79. The molecule has 1 saturated heterocycles. The van der Waals surface area contributed by atoms with Crippen LogP contribution in [-0.2, 0) is 0 Å². The van der Waals surface area contributed by atoms with Crippen LogP contribution in [0.15, 0.2) is 54.9 Å². The van der Waals surface area contributed by atoms with Gasteiger partial charge in [0, 0.05) is 61.8 Å². The van der Waals surface area contributed by atoms with Crippen LogP contribution < -0.4 is 20.3 Å². The minimum Gasteiger partial charge on any atom is -0.494 e. The van der Waals surface area contributed by atoms with Gasteiger partial charge in [0.25, 0.3) is 5.69 Å². The monoisotopic (exact) mass is 435 g/mol. The van der Waals surface area contributed by atoms with Gasteiger partial charge in [-0.05, 0) is 25.2 Å². The highest BCUT2D eigenvalue weighted by Crippen LogP contribution is 2.32. The number of likely N-dealkylation sites (N-methyl/N-ethyl adjacent to an activating group) is 1. The van der Waals surface area contributed by atoms with Crippen molar-refractivity contribution in [3.05, 3.63) is 65.0 Å². The normalized spacial score (nSPS) is 14.1. The van der Waals surface area contributed by atoms with Crippen molar-refractivity contribution in [3.8, 4) is 5.75 Å². The lowest BCUT2D eigenvalue weighted by Gasteiger charge is -2.34. The lowest BCUT2D eigenvalue weighted by molar-refractivity contribution is -0.384. The average molecular weight is 435 g/mol. The molecule has 1 fully saturated rings. The first-order valence-corrected chi connectivity index (χ1v) is 10.2. The van der Waals surface area contributed by atoms with Gasteiger partial charge in [-0.15, -0.1) is 0 Å². The van der Waals surface area contributed by atoms with Gasteiger partial charge in [0.15, 0.2) is 0 Å². The number of aromatic nitrogens is 2. The number of nitro benzene ring substituents is 1. The second-order valence-electron chi connectivity index (χ2n) is 7.52. The van der Waals surface area contributed by atoms with Crippen LogP contribution in [0.1, 0.15) is 0 Å². The van der Waals surface area contributed by atoms with Gasteiger partial charge in [-0.1, -0.05) is 6.07 Å². The van der Waals surface area contributed by atoms with Crippen LogP contribution in [0.4, 0.5) is 34.4 Å². The number of nitro groups is 1. The number of piperazine rings is 1. The molecule has 10 heteroatoms. The van der Waals surface area contributed by atoms with Gasteiger partial charge in [-0.2, -0.15) is 0 Å². The maximum Gasteiger partial charge on any atom is 0.271 e. The smallest absolute Gasteiger partial charge is 0.271 e.